The molecule has 1 aliphatic carbocycles. The van der Waals surface area contributed by atoms with Crippen molar-refractivity contribution in [3.05, 3.63) is 29.3 Å². The Bertz CT molecular complexity index is 435. The minimum Gasteiger partial charge on any atom is -0.395 e. The van der Waals surface area contributed by atoms with Gasteiger partial charge in [-0.1, -0.05) is 18.2 Å². The van der Waals surface area contributed by atoms with Crippen LogP contribution in [0.25, 0.3) is 0 Å². The lowest BCUT2D eigenvalue weighted by Crippen LogP contribution is -2.39. The number of amides is 1. The quantitative estimate of drug-likeness (QED) is 0.820. The van der Waals surface area contributed by atoms with Gasteiger partial charge in [0.15, 0.2) is 0 Å². The second-order valence-electron chi connectivity index (χ2n) is 5.16. The van der Waals surface area contributed by atoms with Crippen LogP contribution in [-0.4, -0.2) is 41.7 Å². The Hall–Kier alpha value is -1.55. The predicted molar refractivity (Wildman–Crippen MR) is 76.2 cm³/mol. The van der Waals surface area contributed by atoms with Crippen molar-refractivity contribution in [2.24, 2.45) is 0 Å². The lowest BCUT2D eigenvalue weighted by molar-refractivity contribution is -0.130. The van der Waals surface area contributed by atoms with Gasteiger partial charge in [0.05, 0.1) is 13.2 Å². The minimum absolute atomic E-state index is 0.0334. The van der Waals surface area contributed by atoms with Crippen molar-refractivity contribution in [3.63, 3.8) is 0 Å². The van der Waals surface area contributed by atoms with E-state index in [9.17, 15) is 4.79 Å². The molecule has 0 unspecified atom stereocenters. The summed E-state index contributed by atoms with van der Waals surface area (Å²) >= 11 is 0. The maximum Gasteiger partial charge on any atom is 0.242 e. The molecule has 2 N–H and O–H groups in total. The molecule has 0 heterocycles. The van der Waals surface area contributed by atoms with E-state index in [0.717, 1.165) is 29.7 Å². The first-order valence-corrected chi connectivity index (χ1v) is 6.84. The highest BCUT2D eigenvalue weighted by molar-refractivity contribution is 5.82. The van der Waals surface area contributed by atoms with E-state index in [1.54, 1.807) is 4.90 Å². The van der Waals surface area contributed by atoms with Gasteiger partial charge in [-0.05, 0) is 37.8 Å². The van der Waals surface area contributed by atoms with Gasteiger partial charge in [-0.2, -0.15) is 0 Å². The van der Waals surface area contributed by atoms with Gasteiger partial charge in [0, 0.05) is 18.3 Å². The third-order valence-corrected chi connectivity index (χ3v) is 3.55. The highest BCUT2D eigenvalue weighted by atomic mass is 16.3. The Balaban J connectivity index is 1.95. The monoisotopic (exact) mass is 262 g/mol. The number of aryl methyl sites for hydroxylation is 2. The molecule has 1 saturated carbocycles. The third kappa shape index (κ3) is 3.47. The molecule has 4 nitrogen and oxygen atoms in total. The fourth-order valence-electron chi connectivity index (χ4n) is 2.36. The van der Waals surface area contributed by atoms with Crippen LogP contribution < -0.4 is 5.32 Å². The van der Waals surface area contributed by atoms with Crippen LogP contribution in [0, 0.1) is 13.8 Å². The number of hydrogen-bond acceptors (Lipinski definition) is 3. The summed E-state index contributed by atoms with van der Waals surface area (Å²) in [4.78, 5) is 14.0. The van der Waals surface area contributed by atoms with Crippen molar-refractivity contribution in [2.75, 3.05) is 25.0 Å². The molecule has 0 spiro atoms. The van der Waals surface area contributed by atoms with Gasteiger partial charge in [-0.3, -0.25) is 4.79 Å². The summed E-state index contributed by atoms with van der Waals surface area (Å²) in [5.41, 5.74) is 3.33. The summed E-state index contributed by atoms with van der Waals surface area (Å²) in [7, 11) is 0. The SMILES string of the molecule is Cc1cccc(C)c1NCC(=O)N(CCO)C1CC1. The van der Waals surface area contributed by atoms with Gasteiger partial charge in [0.2, 0.25) is 5.91 Å². The zero-order valence-electron chi connectivity index (χ0n) is 11.6. The predicted octanol–water partition coefficient (Wildman–Crippen LogP) is 1.70. The Morgan fingerprint density at radius 3 is 2.53 bits per heavy atom. The van der Waals surface area contributed by atoms with E-state index in [2.05, 4.69) is 5.32 Å². The zero-order chi connectivity index (χ0) is 13.8. The van der Waals surface area contributed by atoms with E-state index in [1.165, 1.54) is 0 Å². The minimum atomic E-state index is 0.0334. The number of benzene rings is 1. The number of hydrogen-bond donors (Lipinski definition) is 2. The van der Waals surface area contributed by atoms with Gasteiger partial charge < -0.3 is 15.3 Å². The molecule has 1 aromatic carbocycles. The Kier molecular flexibility index (Phi) is 4.43. The van der Waals surface area contributed by atoms with Crippen LogP contribution >= 0.6 is 0 Å². The number of aliphatic hydroxyl groups is 1. The molecule has 0 aliphatic heterocycles. The molecule has 1 aromatic rings. The average Bonchev–Trinajstić information content (AvgIpc) is 3.19. The second kappa shape index (κ2) is 6.06. The molecular formula is C15H22N2O2. The fraction of sp³-hybridized carbons (Fsp3) is 0.533. The number of carbonyl (C=O) groups excluding carboxylic acids is 1. The number of para-hydroxylation sites is 1. The summed E-state index contributed by atoms with van der Waals surface area (Å²) in [5, 5.41) is 12.3. The highest BCUT2D eigenvalue weighted by Gasteiger charge is 2.31. The molecule has 104 valence electrons. The summed E-state index contributed by atoms with van der Waals surface area (Å²) in [5.74, 6) is 0.0687. The van der Waals surface area contributed by atoms with Crippen molar-refractivity contribution < 1.29 is 9.90 Å². The van der Waals surface area contributed by atoms with E-state index in [0.29, 0.717) is 19.1 Å². The topological polar surface area (TPSA) is 52.6 Å². The Morgan fingerprint density at radius 2 is 2.00 bits per heavy atom. The van der Waals surface area contributed by atoms with E-state index < -0.39 is 0 Å². The molecular weight excluding hydrogens is 240 g/mol. The molecule has 1 fully saturated rings. The van der Waals surface area contributed by atoms with E-state index in [1.807, 2.05) is 32.0 Å². The van der Waals surface area contributed by atoms with E-state index >= 15 is 0 Å². The summed E-state index contributed by atoms with van der Waals surface area (Å²) in [6.45, 7) is 4.84. The first-order chi connectivity index (χ1) is 9.13. The fourth-order valence-corrected chi connectivity index (χ4v) is 2.36. The molecule has 4 heteroatoms. The summed E-state index contributed by atoms with van der Waals surface area (Å²) < 4.78 is 0. The standard InChI is InChI=1S/C15H22N2O2/c1-11-4-3-5-12(2)15(11)16-10-14(19)17(8-9-18)13-6-7-13/h3-5,13,16,18H,6-10H2,1-2H3. The number of carbonyl (C=O) groups is 1. The number of nitrogens with zero attached hydrogens (tertiary/aromatic N) is 1. The van der Waals surface area contributed by atoms with Crippen molar-refractivity contribution >= 4 is 11.6 Å². The van der Waals surface area contributed by atoms with Crippen molar-refractivity contribution in [1.29, 1.82) is 0 Å². The first kappa shape index (κ1) is 13.9. The highest BCUT2D eigenvalue weighted by Crippen LogP contribution is 2.26. The second-order valence-corrected chi connectivity index (χ2v) is 5.16. The van der Waals surface area contributed by atoms with Crippen LogP contribution in [0.3, 0.4) is 0 Å². The number of anilines is 1. The van der Waals surface area contributed by atoms with Crippen molar-refractivity contribution in [3.8, 4) is 0 Å². The van der Waals surface area contributed by atoms with E-state index in [4.69, 9.17) is 5.11 Å². The van der Waals surface area contributed by atoms with Gasteiger partial charge >= 0.3 is 0 Å². The smallest absolute Gasteiger partial charge is 0.242 e. The number of aliphatic hydroxyl groups excluding tert-OH is 1. The molecule has 2 rings (SSSR count). The first-order valence-electron chi connectivity index (χ1n) is 6.84. The van der Waals surface area contributed by atoms with Crippen LogP contribution in [0.1, 0.15) is 24.0 Å². The molecule has 0 aromatic heterocycles. The van der Waals surface area contributed by atoms with Crippen LogP contribution in [0.4, 0.5) is 5.69 Å². The van der Waals surface area contributed by atoms with Gasteiger partial charge in [-0.15, -0.1) is 0 Å². The van der Waals surface area contributed by atoms with Crippen molar-refractivity contribution in [2.45, 2.75) is 32.7 Å². The zero-order valence-corrected chi connectivity index (χ0v) is 11.6. The van der Waals surface area contributed by atoms with Crippen molar-refractivity contribution in [1.82, 2.24) is 4.90 Å². The van der Waals surface area contributed by atoms with Gasteiger partial charge in [-0.25, -0.2) is 0 Å². The third-order valence-electron chi connectivity index (χ3n) is 3.55. The Labute approximate surface area is 114 Å². The lowest BCUT2D eigenvalue weighted by atomic mass is 10.1. The van der Waals surface area contributed by atoms with E-state index in [-0.39, 0.29) is 12.5 Å². The molecule has 0 radical (unpaired) electrons. The summed E-state index contributed by atoms with van der Waals surface area (Å²) in [6.07, 6.45) is 2.13. The molecule has 1 amide bonds. The van der Waals surface area contributed by atoms with Gasteiger partial charge in [0.25, 0.3) is 0 Å². The van der Waals surface area contributed by atoms with Crippen LogP contribution in [0.15, 0.2) is 18.2 Å². The van der Waals surface area contributed by atoms with Crippen LogP contribution in [0.2, 0.25) is 0 Å². The molecule has 1 aliphatic rings. The number of rotatable bonds is 6. The maximum absolute atomic E-state index is 12.2. The number of nitrogens with one attached hydrogen (secondary N) is 1. The normalized spacial score (nSPS) is 14.3. The lowest BCUT2D eigenvalue weighted by Gasteiger charge is -2.22. The molecule has 0 bridgehead atoms. The average molecular weight is 262 g/mol. The van der Waals surface area contributed by atoms with Crippen LogP contribution in [-0.2, 0) is 4.79 Å². The maximum atomic E-state index is 12.2. The molecule has 19 heavy (non-hydrogen) atoms. The Morgan fingerprint density at radius 1 is 1.37 bits per heavy atom. The largest absolute Gasteiger partial charge is 0.395 e. The summed E-state index contributed by atoms with van der Waals surface area (Å²) in [6, 6.07) is 6.43. The molecule has 0 atom stereocenters. The molecule has 0 saturated heterocycles. The van der Waals surface area contributed by atoms with Gasteiger partial charge in [0.1, 0.15) is 0 Å². The van der Waals surface area contributed by atoms with Crippen LogP contribution in [0.5, 0.6) is 0 Å².